The average Bonchev–Trinajstić information content (AvgIpc) is 3.19. The number of benzene rings is 2. The molecular weight excluding hydrogens is 390 g/mol. The van der Waals surface area contributed by atoms with Crippen LogP contribution in [0.15, 0.2) is 53.1 Å². The van der Waals surface area contributed by atoms with E-state index in [2.05, 4.69) is 30.9 Å². The van der Waals surface area contributed by atoms with E-state index in [4.69, 9.17) is 9.26 Å². The van der Waals surface area contributed by atoms with Gasteiger partial charge in [0.05, 0.1) is 0 Å². The van der Waals surface area contributed by atoms with Gasteiger partial charge in [0.1, 0.15) is 12.3 Å². The first-order valence-electron chi connectivity index (χ1n) is 10.6. The fraction of sp³-hybridized carbons (Fsp3) is 0.400. The smallest absolute Gasteiger partial charge is 0.261 e. The van der Waals surface area contributed by atoms with Crippen LogP contribution in [0.4, 0.5) is 0 Å². The lowest BCUT2D eigenvalue weighted by Crippen LogP contribution is -2.39. The standard InChI is InChI=1S/C25H31N3O3/c1-17(2)28(15-22-26-24(27-31-22)19-9-7-18(3)8-10-19)23(29)16-30-21-13-11-20(12-14-21)25(4,5)6/h7-14,17H,15-16H2,1-6H3. The Bertz CT molecular complexity index is 1000. The molecule has 0 aliphatic rings. The number of carbonyl (C=O) groups is 1. The maximum absolute atomic E-state index is 12.8. The highest BCUT2D eigenvalue weighted by Crippen LogP contribution is 2.24. The minimum Gasteiger partial charge on any atom is -0.484 e. The molecule has 1 heterocycles. The van der Waals surface area contributed by atoms with E-state index in [0.29, 0.717) is 17.5 Å². The fourth-order valence-corrected chi connectivity index (χ4v) is 3.12. The summed E-state index contributed by atoms with van der Waals surface area (Å²) in [5, 5.41) is 4.05. The van der Waals surface area contributed by atoms with Crippen LogP contribution in [-0.2, 0) is 16.8 Å². The Morgan fingerprint density at radius 3 is 2.29 bits per heavy atom. The largest absolute Gasteiger partial charge is 0.484 e. The maximum Gasteiger partial charge on any atom is 0.261 e. The molecule has 0 aliphatic heterocycles. The van der Waals surface area contributed by atoms with Crippen molar-refractivity contribution in [3.63, 3.8) is 0 Å². The molecule has 3 rings (SSSR count). The first-order valence-corrected chi connectivity index (χ1v) is 10.6. The second kappa shape index (κ2) is 9.33. The lowest BCUT2D eigenvalue weighted by Gasteiger charge is -2.25. The molecule has 1 amide bonds. The highest BCUT2D eigenvalue weighted by atomic mass is 16.5. The van der Waals surface area contributed by atoms with Gasteiger partial charge >= 0.3 is 0 Å². The highest BCUT2D eigenvalue weighted by Gasteiger charge is 2.21. The Kier molecular flexibility index (Phi) is 6.78. The predicted molar refractivity (Wildman–Crippen MR) is 121 cm³/mol. The second-order valence-corrected chi connectivity index (χ2v) is 9.06. The SMILES string of the molecule is Cc1ccc(-c2noc(CN(C(=O)COc3ccc(C(C)(C)C)cc3)C(C)C)n2)cc1. The molecule has 0 N–H and O–H groups in total. The second-order valence-electron chi connectivity index (χ2n) is 9.06. The summed E-state index contributed by atoms with van der Waals surface area (Å²) in [5.74, 6) is 1.45. The zero-order valence-corrected chi connectivity index (χ0v) is 19.2. The number of carbonyl (C=O) groups excluding carboxylic acids is 1. The van der Waals surface area contributed by atoms with E-state index in [0.717, 1.165) is 11.1 Å². The van der Waals surface area contributed by atoms with Crippen molar-refractivity contribution in [2.45, 2.75) is 59.5 Å². The molecule has 0 saturated carbocycles. The minimum atomic E-state index is -0.134. The Balaban J connectivity index is 1.62. The molecule has 0 bridgehead atoms. The van der Waals surface area contributed by atoms with Gasteiger partial charge in [-0.3, -0.25) is 4.79 Å². The summed E-state index contributed by atoms with van der Waals surface area (Å²) in [6.45, 7) is 12.6. The summed E-state index contributed by atoms with van der Waals surface area (Å²) in [7, 11) is 0. The van der Waals surface area contributed by atoms with Crippen LogP contribution in [0.3, 0.4) is 0 Å². The molecule has 6 nitrogen and oxygen atoms in total. The number of hydrogen-bond acceptors (Lipinski definition) is 5. The lowest BCUT2D eigenvalue weighted by molar-refractivity contribution is -0.136. The van der Waals surface area contributed by atoms with Crippen molar-refractivity contribution in [3.8, 4) is 17.1 Å². The normalized spacial score (nSPS) is 11.6. The quantitative estimate of drug-likeness (QED) is 0.527. The Morgan fingerprint density at radius 1 is 1.06 bits per heavy atom. The van der Waals surface area contributed by atoms with Gasteiger partial charge in [-0.25, -0.2) is 0 Å². The highest BCUT2D eigenvalue weighted by molar-refractivity contribution is 5.78. The molecule has 164 valence electrons. The van der Waals surface area contributed by atoms with Gasteiger partial charge in [0.25, 0.3) is 5.91 Å². The average molecular weight is 422 g/mol. The molecule has 0 saturated heterocycles. The van der Waals surface area contributed by atoms with Crippen molar-refractivity contribution in [1.82, 2.24) is 15.0 Å². The first-order chi connectivity index (χ1) is 14.6. The van der Waals surface area contributed by atoms with Crippen molar-refractivity contribution in [2.75, 3.05) is 6.61 Å². The van der Waals surface area contributed by atoms with Crippen LogP contribution in [0.25, 0.3) is 11.4 Å². The number of aryl methyl sites for hydroxylation is 1. The summed E-state index contributed by atoms with van der Waals surface area (Å²) in [6.07, 6.45) is 0. The van der Waals surface area contributed by atoms with Gasteiger partial charge in [0.15, 0.2) is 6.61 Å². The molecule has 0 radical (unpaired) electrons. The zero-order chi connectivity index (χ0) is 22.6. The molecule has 1 aromatic heterocycles. The van der Waals surface area contributed by atoms with Gasteiger partial charge in [-0.2, -0.15) is 4.98 Å². The van der Waals surface area contributed by atoms with Crippen molar-refractivity contribution >= 4 is 5.91 Å². The van der Waals surface area contributed by atoms with Crippen LogP contribution in [0, 0.1) is 6.92 Å². The van der Waals surface area contributed by atoms with Crippen molar-refractivity contribution in [1.29, 1.82) is 0 Å². The van der Waals surface area contributed by atoms with E-state index in [-0.39, 0.29) is 30.5 Å². The summed E-state index contributed by atoms with van der Waals surface area (Å²) < 4.78 is 11.1. The van der Waals surface area contributed by atoms with Gasteiger partial charge < -0.3 is 14.2 Å². The van der Waals surface area contributed by atoms with E-state index < -0.39 is 0 Å². The third kappa shape index (κ3) is 5.94. The van der Waals surface area contributed by atoms with E-state index in [1.807, 2.05) is 69.3 Å². The maximum atomic E-state index is 12.8. The van der Waals surface area contributed by atoms with Crippen LogP contribution >= 0.6 is 0 Å². The predicted octanol–water partition coefficient (Wildman–Crippen LogP) is 5.16. The minimum absolute atomic E-state index is 0.0332. The molecule has 0 atom stereocenters. The molecule has 2 aromatic carbocycles. The Morgan fingerprint density at radius 2 is 1.71 bits per heavy atom. The summed E-state index contributed by atoms with van der Waals surface area (Å²) in [5.41, 5.74) is 3.34. The number of rotatable bonds is 7. The monoisotopic (exact) mass is 421 g/mol. The van der Waals surface area contributed by atoms with Crippen LogP contribution in [0.2, 0.25) is 0 Å². The third-order valence-corrected chi connectivity index (χ3v) is 5.11. The number of ether oxygens (including phenoxy) is 1. The lowest BCUT2D eigenvalue weighted by atomic mass is 9.87. The molecule has 3 aromatic rings. The number of amides is 1. The van der Waals surface area contributed by atoms with Crippen molar-refractivity contribution in [3.05, 3.63) is 65.5 Å². The zero-order valence-electron chi connectivity index (χ0n) is 19.2. The van der Waals surface area contributed by atoms with Crippen molar-refractivity contribution in [2.24, 2.45) is 0 Å². The Hall–Kier alpha value is -3.15. The van der Waals surface area contributed by atoms with Crippen LogP contribution in [-0.4, -0.2) is 33.6 Å². The number of hydrogen-bond donors (Lipinski definition) is 0. The van der Waals surface area contributed by atoms with E-state index >= 15 is 0 Å². The van der Waals surface area contributed by atoms with E-state index in [1.165, 1.54) is 5.56 Å². The van der Waals surface area contributed by atoms with Crippen molar-refractivity contribution < 1.29 is 14.1 Å². The molecule has 0 unspecified atom stereocenters. The van der Waals surface area contributed by atoms with E-state index in [9.17, 15) is 4.79 Å². The summed E-state index contributed by atoms with van der Waals surface area (Å²) in [4.78, 5) is 18.9. The summed E-state index contributed by atoms with van der Waals surface area (Å²) >= 11 is 0. The molecule has 6 heteroatoms. The first kappa shape index (κ1) is 22.5. The Labute approximate surface area is 184 Å². The fourth-order valence-electron chi connectivity index (χ4n) is 3.12. The number of nitrogens with zero attached hydrogens (tertiary/aromatic N) is 3. The van der Waals surface area contributed by atoms with Gasteiger partial charge in [0.2, 0.25) is 11.7 Å². The molecule has 0 aliphatic carbocycles. The molecule has 0 spiro atoms. The van der Waals surface area contributed by atoms with Gasteiger partial charge in [-0.1, -0.05) is 67.9 Å². The molecule has 31 heavy (non-hydrogen) atoms. The van der Waals surface area contributed by atoms with Gasteiger partial charge in [0, 0.05) is 11.6 Å². The number of aromatic nitrogens is 2. The van der Waals surface area contributed by atoms with Crippen LogP contribution in [0.1, 0.15) is 51.6 Å². The van der Waals surface area contributed by atoms with Crippen LogP contribution < -0.4 is 4.74 Å². The topological polar surface area (TPSA) is 68.5 Å². The summed E-state index contributed by atoms with van der Waals surface area (Å²) in [6, 6.07) is 15.7. The third-order valence-electron chi connectivity index (χ3n) is 5.11. The van der Waals surface area contributed by atoms with Gasteiger partial charge in [-0.05, 0) is 43.9 Å². The van der Waals surface area contributed by atoms with Gasteiger partial charge in [-0.15, -0.1) is 0 Å². The van der Waals surface area contributed by atoms with Crippen LogP contribution in [0.5, 0.6) is 5.75 Å². The van der Waals surface area contributed by atoms with E-state index in [1.54, 1.807) is 4.90 Å². The molecule has 0 fully saturated rings. The molecular formula is C25H31N3O3.